The quantitative estimate of drug-likeness (QED) is 0.346. The Kier molecular flexibility index (Phi) is 9.46. The van der Waals surface area contributed by atoms with Crippen LogP contribution in [0.3, 0.4) is 0 Å². The summed E-state index contributed by atoms with van der Waals surface area (Å²) < 4.78 is 18.7. The zero-order valence-electron chi connectivity index (χ0n) is 15.1. The van der Waals surface area contributed by atoms with Gasteiger partial charge in [0.05, 0.1) is 25.8 Å². The Morgan fingerprint density at radius 2 is 2.00 bits per heavy atom. The van der Waals surface area contributed by atoms with Gasteiger partial charge in [-0.05, 0) is 35.6 Å². The number of hydrogen-bond donors (Lipinski definition) is 2. The molecule has 8 heteroatoms. The fourth-order valence-corrected chi connectivity index (χ4v) is 3.72. The first-order chi connectivity index (χ1) is 12.7. The van der Waals surface area contributed by atoms with E-state index in [1.807, 2.05) is 18.2 Å². The second kappa shape index (κ2) is 11.6. The minimum absolute atomic E-state index is 0. The van der Waals surface area contributed by atoms with Crippen molar-refractivity contribution in [3.05, 3.63) is 58.0 Å². The lowest BCUT2D eigenvalue weighted by molar-refractivity contribution is 0.0179. The van der Waals surface area contributed by atoms with Crippen LogP contribution >= 0.6 is 35.3 Å². The van der Waals surface area contributed by atoms with E-state index >= 15 is 0 Å². The molecule has 0 amide bonds. The highest BCUT2D eigenvalue weighted by Gasteiger charge is 2.22. The van der Waals surface area contributed by atoms with E-state index in [1.165, 1.54) is 17.0 Å². The number of nitrogens with zero attached hydrogens (tertiary/aromatic N) is 2. The SMILES string of the molecule is I.NC(=NCC(c1ccc(F)cc1)N1CCOCC1)NCCc1cccs1. The molecule has 3 rings (SSSR count). The van der Waals surface area contributed by atoms with Crippen molar-refractivity contribution in [2.24, 2.45) is 10.7 Å². The minimum Gasteiger partial charge on any atom is -0.379 e. The van der Waals surface area contributed by atoms with Gasteiger partial charge < -0.3 is 15.8 Å². The summed E-state index contributed by atoms with van der Waals surface area (Å²) in [7, 11) is 0. The molecule has 1 aromatic carbocycles. The molecule has 148 valence electrons. The number of nitrogens with one attached hydrogen (secondary N) is 1. The lowest BCUT2D eigenvalue weighted by atomic mass is 10.0. The third kappa shape index (κ3) is 7.02. The van der Waals surface area contributed by atoms with Crippen molar-refractivity contribution >= 4 is 41.3 Å². The molecule has 1 saturated heterocycles. The number of aliphatic imine (C=N–C) groups is 1. The van der Waals surface area contributed by atoms with Gasteiger partial charge in [-0.3, -0.25) is 9.89 Å². The van der Waals surface area contributed by atoms with Gasteiger partial charge >= 0.3 is 0 Å². The molecule has 1 aromatic heterocycles. The molecule has 0 spiro atoms. The molecule has 27 heavy (non-hydrogen) atoms. The zero-order valence-corrected chi connectivity index (χ0v) is 18.3. The van der Waals surface area contributed by atoms with Crippen molar-refractivity contribution in [2.45, 2.75) is 12.5 Å². The summed E-state index contributed by atoms with van der Waals surface area (Å²) in [5.41, 5.74) is 7.08. The summed E-state index contributed by atoms with van der Waals surface area (Å²) in [6, 6.07) is 10.9. The number of thiophene rings is 1. The average Bonchev–Trinajstić information content (AvgIpc) is 3.18. The van der Waals surface area contributed by atoms with Gasteiger partial charge in [-0.25, -0.2) is 4.39 Å². The van der Waals surface area contributed by atoms with Gasteiger partial charge in [0.25, 0.3) is 0 Å². The topological polar surface area (TPSA) is 62.9 Å². The number of morpholine rings is 1. The van der Waals surface area contributed by atoms with Gasteiger partial charge in [-0.15, -0.1) is 35.3 Å². The highest BCUT2D eigenvalue weighted by atomic mass is 127. The van der Waals surface area contributed by atoms with Crippen LogP contribution in [0.2, 0.25) is 0 Å². The van der Waals surface area contributed by atoms with Crippen LogP contribution in [-0.2, 0) is 11.2 Å². The van der Waals surface area contributed by atoms with Gasteiger partial charge in [-0.1, -0.05) is 18.2 Å². The van der Waals surface area contributed by atoms with Crippen molar-refractivity contribution in [1.29, 1.82) is 0 Å². The fraction of sp³-hybridized carbons (Fsp3) is 0.421. The van der Waals surface area contributed by atoms with E-state index < -0.39 is 0 Å². The normalized spacial score (nSPS) is 16.6. The van der Waals surface area contributed by atoms with Crippen LogP contribution in [0.1, 0.15) is 16.5 Å². The van der Waals surface area contributed by atoms with Gasteiger partial charge in [0.1, 0.15) is 5.82 Å². The maximum Gasteiger partial charge on any atom is 0.188 e. The number of halogens is 2. The molecule has 5 nitrogen and oxygen atoms in total. The monoisotopic (exact) mass is 504 g/mol. The fourth-order valence-electron chi connectivity index (χ4n) is 3.02. The molecule has 2 heterocycles. The van der Waals surface area contributed by atoms with Gasteiger partial charge in [0.2, 0.25) is 0 Å². The van der Waals surface area contributed by atoms with E-state index in [0.29, 0.717) is 25.7 Å². The number of benzene rings is 1. The predicted molar refractivity (Wildman–Crippen MR) is 119 cm³/mol. The second-order valence-electron chi connectivity index (χ2n) is 6.20. The number of guanidine groups is 1. The third-order valence-corrected chi connectivity index (χ3v) is 5.37. The smallest absolute Gasteiger partial charge is 0.188 e. The molecule has 0 saturated carbocycles. The number of ether oxygens (including phenoxy) is 1. The Hall–Kier alpha value is -1.23. The molecule has 0 radical (unpaired) electrons. The van der Waals surface area contributed by atoms with Crippen LogP contribution in [0.15, 0.2) is 46.8 Å². The largest absolute Gasteiger partial charge is 0.379 e. The first-order valence-electron chi connectivity index (χ1n) is 8.86. The van der Waals surface area contributed by atoms with Crippen molar-refractivity contribution in [2.75, 3.05) is 39.4 Å². The van der Waals surface area contributed by atoms with Crippen molar-refractivity contribution in [3.8, 4) is 0 Å². The molecule has 0 bridgehead atoms. The molecule has 2 aromatic rings. The van der Waals surface area contributed by atoms with Crippen LogP contribution in [0.5, 0.6) is 0 Å². The van der Waals surface area contributed by atoms with Crippen molar-refractivity contribution in [3.63, 3.8) is 0 Å². The summed E-state index contributed by atoms with van der Waals surface area (Å²) in [6.07, 6.45) is 0.929. The Balaban J connectivity index is 0.00000261. The maximum absolute atomic E-state index is 13.3. The molecule has 1 aliphatic heterocycles. The zero-order chi connectivity index (χ0) is 18.2. The summed E-state index contributed by atoms with van der Waals surface area (Å²) in [6.45, 7) is 4.37. The van der Waals surface area contributed by atoms with Crippen LogP contribution in [-0.4, -0.2) is 50.3 Å². The summed E-state index contributed by atoms with van der Waals surface area (Å²) in [4.78, 5) is 8.17. The van der Waals surface area contributed by atoms with Crippen molar-refractivity contribution < 1.29 is 9.13 Å². The molecule has 3 N–H and O–H groups in total. The first kappa shape index (κ1) is 22.1. The Labute approximate surface area is 180 Å². The van der Waals surface area contributed by atoms with E-state index in [9.17, 15) is 4.39 Å². The lowest BCUT2D eigenvalue weighted by Crippen LogP contribution is -2.41. The predicted octanol–water partition coefficient (Wildman–Crippen LogP) is 3.03. The van der Waals surface area contributed by atoms with Gasteiger partial charge in [-0.2, -0.15) is 0 Å². The molecule has 1 aliphatic rings. The molecule has 1 unspecified atom stereocenters. The van der Waals surface area contributed by atoms with Crippen LogP contribution in [0.25, 0.3) is 0 Å². The molecular formula is C19H26FIN4OS. The van der Waals surface area contributed by atoms with E-state index in [2.05, 4.69) is 26.7 Å². The summed E-state index contributed by atoms with van der Waals surface area (Å²) >= 11 is 1.74. The number of hydrogen-bond acceptors (Lipinski definition) is 4. The number of nitrogens with two attached hydrogens (primary N) is 1. The molecule has 0 aliphatic carbocycles. The average molecular weight is 504 g/mol. The van der Waals surface area contributed by atoms with Crippen molar-refractivity contribution in [1.82, 2.24) is 10.2 Å². The Morgan fingerprint density at radius 1 is 1.26 bits per heavy atom. The van der Waals surface area contributed by atoms with E-state index in [0.717, 1.165) is 31.6 Å². The molecule has 1 fully saturated rings. The van der Waals surface area contributed by atoms with Crippen LogP contribution in [0.4, 0.5) is 4.39 Å². The van der Waals surface area contributed by atoms with E-state index in [-0.39, 0.29) is 35.8 Å². The molecular weight excluding hydrogens is 478 g/mol. The highest BCUT2D eigenvalue weighted by Crippen LogP contribution is 2.22. The summed E-state index contributed by atoms with van der Waals surface area (Å²) in [5.74, 6) is 0.217. The summed E-state index contributed by atoms with van der Waals surface area (Å²) in [5, 5.41) is 5.24. The second-order valence-corrected chi connectivity index (χ2v) is 7.23. The van der Waals surface area contributed by atoms with Gasteiger partial charge in [0.15, 0.2) is 5.96 Å². The first-order valence-corrected chi connectivity index (χ1v) is 9.74. The standard InChI is InChI=1S/C19H25FN4OS.HI/c20-16-5-3-15(4-6-16)18(24-9-11-25-12-10-24)14-23-19(21)22-8-7-17-2-1-13-26-17;/h1-6,13,18H,7-12,14H2,(H3,21,22,23);1H. The minimum atomic E-state index is -0.229. The Morgan fingerprint density at radius 3 is 2.67 bits per heavy atom. The number of rotatable bonds is 7. The van der Waals surface area contributed by atoms with E-state index in [4.69, 9.17) is 10.5 Å². The maximum atomic E-state index is 13.3. The molecule has 1 atom stereocenters. The van der Waals surface area contributed by atoms with Crippen LogP contribution < -0.4 is 11.1 Å². The Bertz CT molecular complexity index is 690. The third-order valence-electron chi connectivity index (χ3n) is 4.43. The van der Waals surface area contributed by atoms with E-state index in [1.54, 1.807) is 11.3 Å². The van der Waals surface area contributed by atoms with Gasteiger partial charge in [0, 0.05) is 24.5 Å². The lowest BCUT2D eigenvalue weighted by Gasteiger charge is -2.34. The highest BCUT2D eigenvalue weighted by molar-refractivity contribution is 14.0. The van der Waals surface area contributed by atoms with Crippen LogP contribution in [0, 0.1) is 5.82 Å².